The van der Waals surface area contributed by atoms with Gasteiger partial charge >= 0.3 is 0 Å². The molecule has 0 fully saturated rings. The summed E-state index contributed by atoms with van der Waals surface area (Å²) in [6.07, 6.45) is 4.22. The molecule has 1 aromatic heterocycles. The van der Waals surface area contributed by atoms with Gasteiger partial charge in [-0.3, -0.25) is 4.57 Å². The predicted octanol–water partition coefficient (Wildman–Crippen LogP) is 14.1. The highest BCUT2D eigenvalue weighted by Crippen LogP contribution is 2.57. The lowest BCUT2D eigenvalue weighted by Gasteiger charge is -2.34. The number of rotatable bonds is 4. The van der Waals surface area contributed by atoms with Gasteiger partial charge in [0.05, 0.1) is 22.2 Å². The van der Waals surface area contributed by atoms with Crippen LogP contribution in [-0.4, -0.2) is 10.3 Å². The number of aliphatic imine (C=N–C) groups is 1. The van der Waals surface area contributed by atoms with Crippen LogP contribution in [0.4, 0.5) is 0 Å². The third-order valence-corrected chi connectivity index (χ3v) is 13.5. The van der Waals surface area contributed by atoms with Crippen molar-refractivity contribution in [1.29, 1.82) is 0 Å². The Balaban J connectivity index is 1.15. The van der Waals surface area contributed by atoms with E-state index < -0.39 is 5.41 Å². The molecular formula is C57H42N2. The van der Waals surface area contributed by atoms with E-state index in [1.807, 2.05) is 0 Å². The Morgan fingerprint density at radius 1 is 0.492 bits per heavy atom. The molecule has 1 aliphatic heterocycles. The molecule has 0 radical (unpaired) electrons. The van der Waals surface area contributed by atoms with Crippen LogP contribution < -0.4 is 0 Å². The molecule has 280 valence electrons. The molecule has 0 amide bonds. The number of allylic oxidation sites excluding steroid dienone is 3. The number of nitrogens with zero attached hydrogens (tertiary/aromatic N) is 2. The monoisotopic (exact) mass is 754 g/mol. The lowest BCUT2D eigenvalue weighted by Crippen LogP contribution is -2.28. The molecule has 8 aromatic carbocycles. The quantitative estimate of drug-likeness (QED) is 0.170. The van der Waals surface area contributed by atoms with Crippen molar-refractivity contribution in [2.45, 2.75) is 37.5 Å². The van der Waals surface area contributed by atoms with Gasteiger partial charge in [-0.05, 0) is 110 Å². The summed E-state index contributed by atoms with van der Waals surface area (Å²) < 4.78 is 2.43. The van der Waals surface area contributed by atoms with Crippen molar-refractivity contribution in [3.05, 3.63) is 239 Å². The maximum absolute atomic E-state index is 5.97. The van der Waals surface area contributed by atoms with Crippen LogP contribution >= 0.6 is 0 Å². The second-order valence-electron chi connectivity index (χ2n) is 16.9. The molecule has 2 heterocycles. The van der Waals surface area contributed by atoms with E-state index in [4.69, 9.17) is 4.99 Å². The molecule has 0 atom stereocenters. The molecule has 0 saturated carbocycles. The summed E-state index contributed by atoms with van der Waals surface area (Å²) in [5, 5.41) is 4.97. The van der Waals surface area contributed by atoms with Crippen LogP contribution in [0.25, 0.3) is 55.1 Å². The first-order chi connectivity index (χ1) is 29.0. The van der Waals surface area contributed by atoms with E-state index in [0.717, 1.165) is 29.9 Å². The van der Waals surface area contributed by atoms with E-state index in [0.29, 0.717) is 0 Å². The molecule has 2 heteroatoms. The van der Waals surface area contributed by atoms with Crippen LogP contribution in [-0.2, 0) is 10.8 Å². The van der Waals surface area contributed by atoms with Gasteiger partial charge in [-0.2, -0.15) is 0 Å². The van der Waals surface area contributed by atoms with Gasteiger partial charge < -0.3 is 0 Å². The zero-order valence-corrected chi connectivity index (χ0v) is 33.3. The van der Waals surface area contributed by atoms with Crippen LogP contribution in [0.15, 0.2) is 205 Å². The van der Waals surface area contributed by atoms with Gasteiger partial charge in [0.15, 0.2) is 0 Å². The van der Waals surface area contributed by atoms with E-state index >= 15 is 0 Å². The Hall–Kier alpha value is -7.03. The Morgan fingerprint density at radius 3 is 1.86 bits per heavy atom. The molecule has 0 unspecified atom stereocenters. The molecule has 59 heavy (non-hydrogen) atoms. The third kappa shape index (κ3) is 4.78. The summed E-state index contributed by atoms with van der Waals surface area (Å²) in [7, 11) is 0. The summed E-state index contributed by atoms with van der Waals surface area (Å²) in [6, 6.07) is 69.8. The standard InChI is InChI=1S/C57H42N2/c1-56(2)48-28-14-11-24-42(48)45-27-17-31-53(59-51-30-16-13-26-44(51)47-34-37-18-9-10-19-38(37)36-52(47)59)58-55(54(45)56)39-32-33-50-46(35-39)43-25-12-15-29-49(43)57(50,40-20-5-3-6-21-40)41-22-7-4-8-23-41/h3-16,18-26,28-36H,17,27H2,1-2H3/b53-31+,58-55?. The molecule has 2 aliphatic carbocycles. The number of benzene rings is 8. The summed E-state index contributed by atoms with van der Waals surface area (Å²) in [6.45, 7) is 4.81. The number of fused-ring (bicyclic) bond motifs is 9. The van der Waals surface area contributed by atoms with Crippen molar-refractivity contribution in [1.82, 2.24) is 4.57 Å². The SMILES string of the molecule is CC1(C)C2=C(CC/C=C(/n3c4ccccc4c4cc5ccccc5cc43)N=C2c2ccc3c(c2)-c2ccccc2C3(c2ccccc2)c2ccccc2)c2ccccc21. The minimum atomic E-state index is -0.459. The van der Waals surface area contributed by atoms with Gasteiger partial charge in [0.1, 0.15) is 5.82 Å². The minimum absolute atomic E-state index is 0.251. The van der Waals surface area contributed by atoms with E-state index in [2.05, 4.69) is 213 Å². The minimum Gasteiger partial charge on any atom is -0.294 e. The summed E-state index contributed by atoms with van der Waals surface area (Å²) in [5.41, 5.74) is 17.0. The number of aromatic nitrogens is 1. The first-order valence-electron chi connectivity index (χ1n) is 20.9. The summed E-state index contributed by atoms with van der Waals surface area (Å²) >= 11 is 0. The Bertz CT molecular complexity index is 3240. The predicted molar refractivity (Wildman–Crippen MR) is 247 cm³/mol. The maximum Gasteiger partial charge on any atom is 0.134 e. The molecule has 0 saturated heterocycles. The Kier molecular flexibility index (Phi) is 7.35. The fourth-order valence-electron chi connectivity index (χ4n) is 11.0. The number of hydrogen-bond acceptors (Lipinski definition) is 1. The molecular weight excluding hydrogens is 713 g/mol. The topological polar surface area (TPSA) is 17.3 Å². The summed E-state index contributed by atoms with van der Waals surface area (Å²) in [5.74, 6) is 0.976. The first-order valence-corrected chi connectivity index (χ1v) is 20.9. The lowest BCUT2D eigenvalue weighted by molar-refractivity contribution is 0.661. The largest absolute Gasteiger partial charge is 0.294 e. The van der Waals surface area contributed by atoms with E-state index in [1.54, 1.807) is 0 Å². The van der Waals surface area contributed by atoms with Crippen molar-refractivity contribution >= 4 is 49.7 Å². The fraction of sp³-hybridized carbons (Fsp3) is 0.105. The number of hydrogen-bond donors (Lipinski definition) is 0. The van der Waals surface area contributed by atoms with Gasteiger partial charge in [-0.25, -0.2) is 4.99 Å². The molecule has 2 nitrogen and oxygen atoms in total. The first kappa shape index (κ1) is 34.0. The lowest BCUT2D eigenvalue weighted by atomic mass is 9.67. The van der Waals surface area contributed by atoms with Crippen LogP contribution in [0, 0.1) is 0 Å². The molecule has 9 aromatic rings. The molecule has 3 aliphatic rings. The average molecular weight is 755 g/mol. The second-order valence-corrected chi connectivity index (χ2v) is 16.9. The average Bonchev–Trinajstić information content (AvgIpc) is 3.84. The molecule has 0 spiro atoms. The third-order valence-electron chi connectivity index (χ3n) is 13.5. The smallest absolute Gasteiger partial charge is 0.134 e. The zero-order chi connectivity index (χ0) is 39.3. The zero-order valence-electron chi connectivity index (χ0n) is 33.3. The van der Waals surface area contributed by atoms with E-state index in [1.165, 1.54) is 88.2 Å². The summed E-state index contributed by atoms with van der Waals surface area (Å²) in [4.78, 5) is 5.97. The highest BCUT2D eigenvalue weighted by molar-refractivity contribution is 6.22. The van der Waals surface area contributed by atoms with Crippen molar-refractivity contribution in [2.75, 3.05) is 0 Å². The van der Waals surface area contributed by atoms with Gasteiger partial charge in [0.25, 0.3) is 0 Å². The molecule has 0 bridgehead atoms. The van der Waals surface area contributed by atoms with E-state index in [-0.39, 0.29) is 5.41 Å². The van der Waals surface area contributed by atoms with Gasteiger partial charge in [-0.1, -0.05) is 178 Å². The van der Waals surface area contributed by atoms with Gasteiger partial charge in [0, 0.05) is 21.8 Å². The van der Waals surface area contributed by atoms with Crippen molar-refractivity contribution in [2.24, 2.45) is 4.99 Å². The fourth-order valence-corrected chi connectivity index (χ4v) is 11.0. The van der Waals surface area contributed by atoms with Gasteiger partial charge in [-0.15, -0.1) is 0 Å². The highest BCUT2D eigenvalue weighted by atomic mass is 15.1. The molecule has 12 rings (SSSR count). The number of para-hydroxylation sites is 1. The highest BCUT2D eigenvalue weighted by Gasteiger charge is 2.47. The van der Waals surface area contributed by atoms with Crippen LogP contribution in [0.3, 0.4) is 0 Å². The normalized spacial score (nSPS) is 17.1. The van der Waals surface area contributed by atoms with Crippen LogP contribution in [0.2, 0.25) is 0 Å². The molecule has 0 N–H and O–H groups in total. The van der Waals surface area contributed by atoms with Crippen LogP contribution in [0.1, 0.15) is 65.6 Å². The Labute approximate surface area is 345 Å². The van der Waals surface area contributed by atoms with Crippen LogP contribution in [0.5, 0.6) is 0 Å². The maximum atomic E-state index is 5.97. The van der Waals surface area contributed by atoms with Crippen molar-refractivity contribution < 1.29 is 0 Å². The van der Waals surface area contributed by atoms with Crippen molar-refractivity contribution in [3.8, 4) is 11.1 Å². The van der Waals surface area contributed by atoms with E-state index in [9.17, 15) is 0 Å². The second kappa shape index (κ2) is 12.7. The van der Waals surface area contributed by atoms with Gasteiger partial charge in [0.2, 0.25) is 0 Å². The Morgan fingerprint density at radius 2 is 1.10 bits per heavy atom. The van der Waals surface area contributed by atoms with Crippen molar-refractivity contribution in [3.63, 3.8) is 0 Å².